The van der Waals surface area contributed by atoms with Gasteiger partial charge in [-0.15, -0.1) is 0 Å². The van der Waals surface area contributed by atoms with Crippen LogP contribution in [0, 0.1) is 5.82 Å². The molecule has 150 valence electrons. The number of ether oxygens (including phenoxy) is 1. The number of likely N-dealkylation sites (N-methyl/N-ethyl adjacent to an activating group) is 1. The number of carbonyl (C=O) groups is 1. The zero-order chi connectivity index (χ0) is 20.4. The molecular formula is C22H21ClFN3O2. The normalized spacial score (nSPS) is 15.6. The molecule has 0 spiro atoms. The number of nitrogens with zero attached hydrogens (tertiary/aromatic N) is 3. The molecule has 29 heavy (non-hydrogen) atoms. The standard InChI is InChI=1S/C22H21ClFN3O2/c1-26-9-11-27(12-10-26)14-16-13-19(23)18-3-2-8-25-20(18)21(16)29-22(28)15-4-6-17(24)7-5-15/h2-8,13H,9-12,14H2,1H3. The summed E-state index contributed by atoms with van der Waals surface area (Å²) in [5.74, 6) is -0.562. The Labute approximate surface area is 173 Å². The second-order valence-corrected chi connectivity index (χ2v) is 7.63. The summed E-state index contributed by atoms with van der Waals surface area (Å²) in [5, 5.41) is 1.29. The van der Waals surface area contributed by atoms with Gasteiger partial charge >= 0.3 is 5.97 Å². The molecule has 1 aliphatic heterocycles. The fraction of sp³-hybridized carbons (Fsp3) is 0.273. The molecule has 0 N–H and O–H groups in total. The van der Waals surface area contributed by atoms with Gasteiger partial charge in [0, 0.05) is 49.9 Å². The van der Waals surface area contributed by atoms with E-state index in [4.69, 9.17) is 16.3 Å². The molecule has 1 fully saturated rings. The Morgan fingerprint density at radius 1 is 1.17 bits per heavy atom. The van der Waals surface area contributed by atoms with Crippen molar-refractivity contribution in [2.75, 3.05) is 33.2 Å². The Balaban J connectivity index is 1.70. The fourth-order valence-corrected chi connectivity index (χ4v) is 3.73. The molecule has 1 aliphatic rings. The summed E-state index contributed by atoms with van der Waals surface area (Å²) in [4.78, 5) is 21.7. The molecule has 0 unspecified atom stereocenters. The van der Waals surface area contributed by atoms with Crippen LogP contribution in [0.2, 0.25) is 5.02 Å². The van der Waals surface area contributed by atoms with E-state index in [1.807, 2.05) is 12.1 Å². The SMILES string of the molecule is CN1CCN(Cc2cc(Cl)c3cccnc3c2OC(=O)c2ccc(F)cc2)CC1. The van der Waals surface area contributed by atoms with Crippen molar-refractivity contribution in [3.63, 3.8) is 0 Å². The molecule has 2 aromatic carbocycles. The maximum atomic E-state index is 13.2. The van der Waals surface area contributed by atoms with E-state index in [-0.39, 0.29) is 5.56 Å². The Morgan fingerprint density at radius 3 is 2.62 bits per heavy atom. The molecule has 1 aromatic heterocycles. The summed E-state index contributed by atoms with van der Waals surface area (Å²) in [7, 11) is 2.10. The number of fused-ring (bicyclic) bond motifs is 1. The molecular weight excluding hydrogens is 393 g/mol. The van der Waals surface area contributed by atoms with Gasteiger partial charge in [0.05, 0.1) is 10.6 Å². The van der Waals surface area contributed by atoms with Crippen LogP contribution in [0.4, 0.5) is 4.39 Å². The van der Waals surface area contributed by atoms with Crippen molar-refractivity contribution in [2.24, 2.45) is 0 Å². The summed E-state index contributed by atoms with van der Waals surface area (Å²) in [6.07, 6.45) is 1.65. The first-order valence-corrected chi connectivity index (χ1v) is 9.84. The van der Waals surface area contributed by atoms with Crippen molar-refractivity contribution in [3.05, 3.63) is 70.6 Å². The number of halogens is 2. The lowest BCUT2D eigenvalue weighted by atomic mass is 10.1. The summed E-state index contributed by atoms with van der Waals surface area (Å²) in [6.45, 7) is 4.39. The molecule has 0 radical (unpaired) electrons. The van der Waals surface area contributed by atoms with Gasteiger partial charge in [0.2, 0.25) is 0 Å². The number of rotatable bonds is 4. The van der Waals surface area contributed by atoms with Gasteiger partial charge in [0.25, 0.3) is 0 Å². The van der Waals surface area contributed by atoms with Gasteiger partial charge in [0.15, 0.2) is 5.75 Å². The third-order valence-electron chi connectivity index (χ3n) is 5.14. The van der Waals surface area contributed by atoms with Crippen molar-refractivity contribution in [3.8, 4) is 5.75 Å². The minimum Gasteiger partial charge on any atom is -0.420 e. The average Bonchev–Trinajstić information content (AvgIpc) is 2.73. The number of piperazine rings is 1. The van der Waals surface area contributed by atoms with E-state index in [0.717, 1.165) is 37.1 Å². The van der Waals surface area contributed by atoms with Crippen LogP contribution in [-0.4, -0.2) is 54.0 Å². The number of hydrogen-bond acceptors (Lipinski definition) is 5. The topological polar surface area (TPSA) is 45.7 Å². The third-order valence-corrected chi connectivity index (χ3v) is 5.45. The summed E-state index contributed by atoms with van der Waals surface area (Å²) in [6, 6.07) is 10.8. The monoisotopic (exact) mass is 413 g/mol. The van der Waals surface area contributed by atoms with Gasteiger partial charge in [-0.1, -0.05) is 11.6 Å². The van der Waals surface area contributed by atoms with Crippen molar-refractivity contribution >= 4 is 28.5 Å². The van der Waals surface area contributed by atoms with Gasteiger partial charge in [0.1, 0.15) is 11.3 Å². The zero-order valence-electron chi connectivity index (χ0n) is 16.1. The second kappa shape index (κ2) is 8.45. The van der Waals surface area contributed by atoms with Crippen molar-refractivity contribution < 1.29 is 13.9 Å². The van der Waals surface area contributed by atoms with Crippen LogP contribution >= 0.6 is 11.6 Å². The lowest BCUT2D eigenvalue weighted by Crippen LogP contribution is -2.43. The largest absolute Gasteiger partial charge is 0.420 e. The molecule has 0 bridgehead atoms. The Morgan fingerprint density at radius 2 is 1.90 bits per heavy atom. The van der Waals surface area contributed by atoms with Crippen LogP contribution in [0.25, 0.3) is 10.9 Å². The van der Waals surface area contributed by atoms with Gasteiger partial charge in [-0.05, 0) is 49.5 Å². The van der Waals surface area contributed by atoms with Crippen LogP contribution in [0.15, 0.2) is 48.7 Å². The van der Waals surface area contributed by atoms with Crippen LogP contribution < -0.4 is 4.74 Å². The smallest absolute Gasteiger partial charge is 0.343 e. The van der Waals surface area contributed by atoms with Crippen LogP contribution in [0.1, 0.15) is 15.9 Å². The van der Waals surface area contributed by atoms with Crippen molar-refractivity contribution in [1.82, 2.24) is 14.8 Å². The number of benzene rings is 2. The fourth-order valence-electron chi connectivity index (χ4n) is 3.44. The van der Waals surface area contributed by atoms with E-state index in [9.17, 15) is 9.18 Å². The van der Waals surface area contributed by atoms with Crippen LogP contribution in [0.5, 0.6) is 5.75 Å². The molecule has 1 saturated heterocycles. The predicted molar refractivity (Wildman–Crippen MR) is 111 cm³/mol. The molecule has 3 aromatic rings. The van der Waals surface area contributed by atoms with Crippen molar-refractivity contribution in [1.29, 1.82) is 0 Å². The lowest BCUT2D eigenvalue weighted by molar-refractivity contribution is 0.0732. The summed E-state index contributed by atoms with van der Waals surface area (Å²) in [5.41, 5.74) is 1.62. The molecule has 0 saturated carbocycles. The predicted octanol–water partition coefficient (Wildman–Crippen LogP) is 3.99. The summed E-state index contributed by atoms with van der Waals surface area (Å²) >= 11 is 6.50. The molecule has 0 amide bonds. The number of esters is 1. The second-order valence-electron chi connectivity index (χ2n) is 7.22. The number of hydrogen-bond donors (Lipinski definition) is 0. The minimum absolute atomic E-state index is 0.274. The average molecular weight is 414 g/mol. The minimum atomic E-state index is -0.557. The first-order valence-electron chi connectivity index (χ1n) is 9.46. The molecule has 5 nitrogen and oxygen atoms in total. The zero-order valence-corrected chi connectivity index (χ0v) is 16.8. The Hall–Kier alpha value is -2.54. The van der Waals surface area contributed by atoms with Gasteiger partial charge in [-0.25, -0.2) is 9.18 Å². The molecule has 0 atom stereocenters. The highest BCUT2D eigenvalue weighted by atomic mass is 35.5. The maximum Gasteiger partial charge on any atom is 0.343 e. The van der Waals surface area contributed by atoms with E-state index in [0.29, 0.717) is 22.8 Å². The van der Waals surface area contributed by atoms with Crippen LogP contribution in [-0.2, 0) is 6.54 Å². The molecule has 7 heteroatoms. The molecule has 2 heterocycles. The van der Waals surface area contributed by atoms with Crippen LogP contribution in [0.3, 0.4) is 0 Å². The van der Waals surface area contributed by atoms with Crippen molar-refractivity contribution in [2.45, 2.75) is 6.54 Å². The number of aromatic nitrogens is 1. The molecule has 4 rings (SSSR count). The Bertz CT molecular complexity index is 1030. The van der Waals surface area contributed by atoms with Gasteiger partial charge in [-0.2, -0.15) is 0 Å². The highest BCUT2D eigenvalue weighted by Crippen LogP contribution is 2.35. The number of pyridine rings is 1. The first-order chi connectivity index (χ1) is 14.0. The van der Waals surface area contributed by atoms with E-state index in [1.165, 1.54) is 24.3 Å². The van der Waals surface area contributed by atoms with Gasteiger partial charge < -0.3 is 9.64 Å². The highest BCUT2D eigenvalue weighted by molar-refractivity contribution is 6.35. The van der Waals surface area contributed by atoms with Gasteiger partial charge in [-0.3, -0.25) is 9.88 Å². The highest BCUT2D eigenvalue weighted by Gasteiger charge is 2.21. The van der Waals surface area contributed by atoms with E-state index < -0.39 is 11.8 Å². The Kier molecular flexibility index (Phi) is 5.76. The quantitative estimate of drug-likeness (QED) is 0.478. The lowest BCUT2D eigenvalue weighted by Gasteiger charge is -2.32. The first kappa shape index (κ1) is 19.8. The maximum absolute atomic E-state index is 13.2. The number of carbonyl (C=O) groups excluding carboxylic acids is 1. The van der Waals surface area contributed by atoms with E-state index >= 15 is 0 Å². The molecule has 0 aliphatic carbocycles. The third kappa shape index (κ3) is 4.40. The van der Waals surface area contributed by atoms with E-state index in [1.54, 1.807) is 12.3 Å². The van der Waals surface area contributed by atoms with E-state index in [2.05, 4.69) is 21.8 Å². The summed E-state index contributed by atoms with van der Waals surface area (Å²) < 4.78 is 19.0.